The second kappa shape index (κ2) is 7.56. The third-order valence-electron chi connectivity index (χ3n) is 5.57. The molecular weight excluding hydrogens is 411 g/mol. The van der Waals surface area contributed by atoms with Crippen LogP contribution in [0.15, 0.2) is 55.2 Å². The summed E-state index contributed by atoms with van der Waals surface area (Å²) in [5, 5.41) is 4.27. The molecule has 0 radical (unpaired) electrons. The lowest BCUT2D eigenvalue weighted by Gasteiger charge is -2.39. The zero-order valence-corrected chi connectivity index (χ0v) is 17.8. The van der Waals surface area contributed by atoms with Crippen molar-refractivity contribution >= 4 is 23.1 Å². The molecule has 0 spiro atoms. The summed E-state index contributed by atoms with van der Waals surface area (Å²) in [6, 6.07) is 5.68. The Hall–Kier alpha value is -4.08. The molecule has 4 aromatic rings. The number of hydrogen-bond acceptors (Lipinski definition) is 6. The predicted molar refractivity (Wildman–Crippen MR) is 117 cm³/mol. The van der Waals surface area contributed by atoms with Crippen LogP contribution in [0.2, 0.25) is 0 Å². The maximum atomic E-state index is 13.4. The molecule has 3 aromatic heterocycles. The fourth-order valence-corrected chi connectivity index (χ4v) is 3.96. The smallest absolute Gasteiger partial charge is 0.250 e. The van der Waals surface area contributed by atoms with Crippen molar-refractivity contribution in [2.45, 2.75) is 19.4 Å². The molecular formula is C22H21FN8O. The number of hydrogen-bond donors (Lipinski definition) is 0. The van der Waals surface area contributed by atoms with Crippen LogP contribution < -0.4 is 9.80 Å². The lowest BCUT2D eigenvalue weighted by Crippen LogP contribution is -2.50. The third-order valence-corrected chi connectivity index (χ3v) is 5.57. The van der Waals surface area contributed by atoms with Gasteiger partial charge in [0.15, 0.2) is 5.82 Å². The van der Waals surface area contributed by atoms with E-state index in [4.69, 9.17) is 4.98 Å². The highest BCUT2D eigenvalue weighted by Crippen LogP contribution is 2.39. The molecule has 0 fully saturated rings. The van der Waals surface area contributed by atoms with Crippen LogP contribution in [0.1, 0.15) is 13.3 Å². The summed E-state index contributed by atoms with van der Waals surface area (Å²) in [5.74, 6) is 1.24. The molecule has 0 bridgehead atoms. The van der Waals surface area contributed by atoms with Gasteiger partial charge < -0.3 is 9.80 Å². The van der Waals surface area contributed by atoms with E-state index in [1.165, 1.54) is 12.1 Å². The van der Waals surface area contributed by atoms with Gasteiger partial charge in [-0.2, -0.15) is 10.1 Å². The van der Waals surface area contributed by atoms with E-state index in [0.717, 1.165) is 11.3 Å². The summed E-state index contributed by atoms with van der Waals surface area (Å²) in [7, 11) is 3.56. The Balaban J connectivity index is 1.66. The van der Waals surface area contributed by atoms with E-state index in [-0.39, 0.29) is 11.7 Å². The molecule has 0 saturated carbocycles. The molecule has 32 heavy (non-hydrogen) atoms. The molecule has 1 amide bonds. The molecule has 1 unspecified atom stereocenters. The highest BCUT2D eigenvalue weighted by molar-refractivity contribution is 6.06. The molecule has 1 aromatic carbocycles. The SMILES string of the molecule is CCC1C(=O)N(C)c2cnc(-n3ccnc3-c3ccc(F)cc3)nc2N1c1cnn(C)c1. The van der Waals surface area contributed by atoms with Crippen molar-refractivity contribution in [3.8, 4) is 17.3 Å². The summed E-state index contributed by atoms with van der Waals surface area (Å²) < 4.78 is 16.8. The monoisotopic (exact) mass is 432 g/mol. The Labute approximate surface area is 183 Å². The van der Waals surface area contributed by atoms with Crippen LogP contribution in [-0.2, 0) is 11.8 Å². The number of aromatic nitrogens is 6. The molecule has 1 atom stereocenters. The van der Waals surface area contributed by atoms with Gasteiger partial charge in [0.25, 0.3) is 0 Å². The summed E-state index contributed by atoms with van der Waals surface area (Å²) in [5.41, 5.74) is 2.12. The quantitative estimate of drug-likeness (QED) is 0.493. The highest BCUT2D eigenvalue weighted by Gasteiger charge is 2.38. The van der Waals surface area contributed by atoms with Crippen LogP contribution >= 0.6 is 0 Å². The normalized spacial score (nSPS) is 15.9. The van der Waals surface area contributed by atoms with Gasteiger partial charge >= 0.3 is 0 Å². The van der Waals surface area contributed by atoms with Gasteiger partial charge in [-0.05, 0) is 30.7 Å². The van der Waals surface area contributed by atoms with Gasteiger partial charge in [0.1, 0.15) is 23.4 Å². The van der Waals surface area contributed by atoms with E-state index < -0.39 is 6.04 Å². The summed E-state index contributed by atoms with van der Waals surface area (Å²) in [6.45, 7) is 1.97. The number of halogens is 1. The van der Waals surface area contributed by atoms with Crippen molar-refractivity contribution in [1.82, 2.24) is 29.3 Å². The minimum absolute atomic E-state index is 0.0326. The van der Waals surface area contributed by atoms with Crippen LogP contribution in [0.25, 0.3) is 17.3 Å². The second-order valence-corrected chi connectivity index (χ2v) is 7.57. The van der Waals surface area contributed by atoms with E-state index in [0.29, 0.717) is 29.7 Å². The van der Waals surface area contributed by atoms with Gasteiger partial charge in [-0.3, -0.25) is 14.0 Å². The first-order valence-electron chi connectivity index (χ1n) is 10.2. The summed E-state index contributed by atoms with van der Waals surface area (Å²) in [4.78, 5) is 30.3. The fourth-order valence-electron chi connectivity index (χ4n) is 3.96. The van der Waals surface area contributed by atoms with Crippen molar-refractivity contribution in [3.63, 3.8) is 0 Å². The molecule has 0 aliphatic carbocycles. The Morgan fingerprint density at radius 1 is 1.09 bits per heavy atom. The summed E-state index contributed by atoms with van der Waals surface area (Å²) in [6.07, 6.45) is 9.21. The molecule has 5 rings (SSSR count). The number of amides is 1. The van der Waals surface area contributed by atoms with Crippen LogP contribution in [0, 0.1) is 5.82 Å². The van der Waals surface area contributed by atoms with Gasteiger partial charge in [-0.1, -0.05) is 6.92 Å². The number of imidazole rings is 1. The van der Waals surface area contributed by atoms with Crippen LogP contribution in [0.5, 0.6) is 0 Å². The molecule has 0 saturated heterocycles. The molecule has 1 aliphatic rings. The van der Waals surface area contributed by atoms with Crippen molar-refractivity contribution in [2.24, 2.45) is 7.05 Å². The molecule has 4 heterocycles. The van der Waals surface area contributed by atoms with E-state index in [9.17, 15) is 9.18 Å². The Morgan fingerprint density at radius 3 is 2.56 bits per heavy atom. The van der Waals surface area contributed by atoms with E-state index >= 15 is 0 Å². The van der Waals surface area contributed by atoms with Crippen molar-refractivity contribution < 1.29 is 9.18 Å². The highest BCUT2D eigenvalue weighted by atomic mass is 19.1. The number of anilines is 3. The fraction of sp³-hybridized carbons (Fsp3) is 0.227. The van der Waals surface area contributed by atoms with Crippen molar-refractivity contribution in [1.29, 1.82) is 0 Å². The molecule has 10 heteroatoms. The number of carbonyl (C=O) groups is 1. The first-order valence-corrected chi connectivity index (χ1v) is 10.2. The predicted octanol–water partition coefficient (Wildman–Crippen LogP) is 3.10. The lowest BCUT2D eigenvalue weighted by molar-refractivity contribution is -0.119. The molecule has 1 aliphatic heterocycles. The Kier molecular flexibility index (Phi) is 4.69. The van der Waals surface area contributed by atoms with Crippen LogP contribution in [0.4, 0.5) is 21.6 Å². The van der Waals surface area contributed by atoms with Gasteiger partial charge in [0.05, 0.1) is 18.1 Å². The minimum atomic E-state index is -0.418. The number of aryl methyl sites for hydroxylation is 1. The molecule has 0 N–H and O–H groups in total. The van der Waals surface area contributed by atoms with E-state index in [1.807, 2.05) is 25.1 Å². The zero-order chi connectivity index (χ0) is 22.4. The first kappa shape index (κ1) is 19.9. The van der Waals surface area contributed by atoms with Crippen LogP contribution in [-0.4, -0.2) is 48.3 Å². The minimum Gasteiger partial charge on any atom is -0.309 e. The molecule has 9 nitrogen and oxygen atoms in total. The third kappa shape index (κ3) is 3.11. The van der Waals surface area contributed by atoms with Gasteiger partial charge in [0.2, 0.25) is 11.9 Å². The number of benzene rings is 1. The van der Waals surface area contributed by atoms with Crippen LogP contribution in [0.3, 0.4) is 0 Å². The average molecular weight is 432 g/mol. The molecule has 162 valence electrons. The number of carbonyl (C=O) groups excluding carboxylic acids is 1. The van der Waals surface area contributed by atoms with Gasteiger partial charge in [-0.15, -0.1) is 0 Å². The largest absolute Gasteiger partial charge is 0.309 e. The maximum Gasteiger partial charge on any atom is 0.250 e. The Bertz CT molecular complexity index is 1300. The Morgan fingerprint density at radius 2 is 1.88 bits per heavy atom. The van der Waals surface area contributed by atoms with E-state index in [1.54, 1.807) is 58.1 Å². The topological polar surface area (TPSA) is 85.0 Å². The summed E-state index contributed by atoms with van der Waals surface area (Å²) >= 11 is 0. The van der Waals surface area contributed by atoms with Gasteiger partial charge in [0, 0.05) is 38.2 Å². The number of rotatable bonds is 4. The number of nitrogens with zero attached hydrogens (tertiary/aromatic N) is 8. The second-order valence-electron chi connectivity index (χ2n) is 7.57. The first-order chi connectivity index (χ1) is 15.5. The van der Waals surface area contributed by atoms with Gasteiger partial charge in [-0.25, -0.2) is 14.4 Å². The number of likely N-dealkylation sites (N-methyl/N-ethyl adjacent to an activating group) is 1. The van der Waals surface area contributed by atoms with Crippen molar-refractivity contribution in [3.05, 3.63) is 61.1 Å². The zero-order valence-electron chi connectivity index (χ0n) is 17.8. The standard InChI is InChI=1S/C22H21FN8O/c1-4-17-21(32)29(3)18-12-25-22(27-20(18)31(17)16-11-26-28(2)13-16)30-10-9-24-19(30)14-5-7-15(23)8-6-14/h5-13,17H,4H2,1-3H3. The lowest BCUT2D eigenvalue weighted by atomic mass is 10.1. The van der Waals surface area contributed by atoms with Crippen molar-refractivity contribution in [2.75, 3.05) is 16.8 Å². The number of fused-ring (bicyclic) bond motifs is 1. The average Bonchev–Trinajstić information content (AvgIpc) is 3.45. The van der Waals surface area contributed by atoms with E-state index in [2.05, 4.69) is 15.1 Å². The maximum absolute atomic E-state index is 13.4.